The highest BCUT2D eigenvalue weighted by atomic mass is 32.1. The molecule has 0 aliphatic heterocycles. The van der Waals surface area contributed by atoms with Crippen LogP contribution in [0.15, 0.2) is 73.4 Å². The van der Waals surface area contributed by atoms with Gasteiger partial charge in [-0.25, -0.2) is 0 Å². The number of benzene rings is 2. The first-order chi connectivity index (χ1) is 13.5. The number of aromatic nitrogens is 1. The minimum atomic E-state index is -0.501. The van der Waals surface area contributed by atoms with Crippen LogP contribution in [-0.4, -0.2) is 10.1 Å². The summed E-state index contributed by atoms with van der Waals surface area (Å²) in [7, 11) is 0. The van der Waals surface area contributed by atoms with Crippen LogP contribution in [0.3, 0.4) is 0 Å². The minimum Gasteiger partial charge on any atom is -0.389 e. The molecule has 0 saturated heterocycles. The van der Waals surface area contributed by atoms with E-state index in [1.165, 1.54) is 26.1 Å². The quantitative estimate of drug-likeness (QED) is 0.418. The van der Waals surface area contributed by atoms with E-state index >= 15 is 0 Å². The fourth-order valence-electron chi connectivity index (χ4n) is 3.54. The van der Waals surface area contributed by atoms with Gasteiger partial charge in [0.05, 0.1) is 11.8 Å². The largest absolute Gasteiger partial charge is 0.389 e. The Kier molecular flexibility index (Phi) is 5.12. The van der Waals surface area contributed by atoms with Gasteiger partial charge in [-0.1, -0.05) is 54.6 Å². The van der Waals surface area contributed by atoms with Crippen molar-refractivity contribution >= 4 is 27.0 Å². The molecule has 2 aromatic heterocycles. The molecule has 0 amide bonds. The molecule has 0 aliphatic carbocycles. The molecule has 0 fully saturated rings. The van der Waals surface area contributed by atoms with Crippen LogP contribution >= 0.6 is 11.3 Å². The number of nitrogens with zero attached hydrogens (tertiary/aromatic N) is 1. The van der Waals surface area contributed by atoms with Crippen LogP contribution in [0, 0.1) is 0 Å². The van der Waals surface area contributed by atoms with Crippen molar-refractivity contribution in [1.29, 1.82) is 0 Å². The lowest BCUT2D eigenvalue weighted by Gasteiger charge is -2.08. The van der Waals surface area contributed by atoms with Crippen LogP contribution in [0.2, 0.25) is 0 Å². The summed E-state index contributed by atoms with van der Waals surface area (Å²) in [5, 5.41) is 11.1. The lowest BCUT2D eigenvalue weighted by Crippen LogP contribution is -1.93. The highest BCUT2D eigenvalue weighted by Gasteiger charge is 2.12. The molecule has 0 spiro atoms. The summed E-state index contributed by atoms with van der Waals surface area (Å²) in [5.41, 5.74) is 6.53. The molecule has 2 heterocycles. The number of aliphatic hydroxyl groups excluding tert-OH is 1. The third kappa shape index (κ3) is 3.64. The van der Waals surface area contributed by atoms with E-state index in [9.17, 15) is 5.11 Å². The highest BCUT2D eigenvalue weighted by molar-refractivity contribution is 7.19. The number of thiophene rings is 1. The van der Waals surface area contributed by atoms with Crippen LogP contribution < -0.4 is 0 Å². The van der Waals surface area contributed by atoms with Gasteiger partial charge in [0.1, 0.15) is 0 Å². The van der Waals surface area contributed by atoms with Gasteiger partial charge in [-0.05, 0) is 54.1 Å². The fourth-order valence-corrected chi connectivity index (χ4v) is 4.74. The Balaban J connectivity index is 1.76. The zero-order valence-corrected chi connectivity index (χ0v) is 17.0. The van der Waals surface area contributed by atoms with Crippen molar-refractivity contribution in [2.24, 2.45) is 0 Å². The molecule has 4 rings (SSSR count). The summed E-state index contributed by atoms with van der Waals surface area (Å²) >= 11 is 1.82. The second kappa shape index (κ2) is 7.70. The lowest BCUT2D eigenvalue weighted by molar-refractivity contribution is 0.199. The zero-order valence-electron chi connectivity index (χ0n) is 16.1. The number of fused-ring (bicyclic) bond motifs is 1. The monoisotopic (exact) mass is 385 g/mol. The second-order valence-electron chi connectivity index (χ2n) is 7.20. The van der Waals surface area contributed by atoms with E-state index < -0.39 is 6.10 Å². The van der Waals surface area contributed by atoms with Gasteiger partial charge in [0.25, 0.3) is 0 Å². The van der Waals surface area contributed by atoms with Gasteiger partial charge in [0.2, 0.25) is 0 Å². The summed E-state index contributed by atoms with van der Waals surface area (Å²) in [5.74, 6) is 0. The standard InChI is InChI=1S/C25H23NOS/c1-16(2)22-9-5-4-7-19(22)13-21-14-20-8-6-10-23(25(20)28-21)24-15-18(17(3)27)11-12-26-24/h4-12,14-15,17,27H,1,13H2,2-3H3. The SMILES string of the molecule is C=C(C)c1ccccc1Cc1cc2cccc(-c3cc(C(C)O)ccn3)c2s1. The van der Waals surface area contributed by atoms with Crippen LogP contribution in [0.4, 0.5) is 0 Å². The fraction of sp³-hybridized carbons (Fsp3) is 0.160. The molecule has 1 atom stereocenters. The molecule has 1 unspecified atom stereocenters. The average molecular weight is 386 g/mol. The summed E-state index contributed by atoms with van der Waals surface area (Å²) < 4.78 is 1.24. The third-order valence-electron chi connectivity index (χ3n) is 4.98. The van der Waals surface area contributed by atoms with Gasteiger partial charge in [-0.3, -0.25) is 4.98 Å². The van der Waals surface area contributed by atoms with Gasteiger partial charge < -0.3 is 5.11 Å². The first kappa shape index (κ1) is 18.6. The number of rotatable bonds is 5. The van der Waals surface area contributed by atoms with Crippen molar-refractivity contribution in [3.8, 4) is 11.3 Å². The molecular weight excluding hydrogens is 362 g/mol. The third-order valence-corrected chi connectivity index (χ3v) is 6.16. The topological polar surface area (TPSA) is 33.1 Å². The van der Waals surface area contributed by atoms with Crippen molar-refractivity contribution < 1.29 is 5.11 Å². The molecular formula is C25H23NOS. The maximum atomic E-state index is 9.92. The second-order valence-corrected chi connectivity index (χ2v) is 8.34. The summed E-state index contributed by atoms with van der Waals surface area (Å²) in [6.45, 7) is 7.96. The van der Waals surface area contributed by atoms with Crippen molar-refractivity contribution in [1.82, 2.24) is 4.98 Å². The maximum Gasteiger partial charge on any atom is 0.0763 e. The van der Waals surface area contributed by atoms with Gasteiger partial charge in [0.15, 0.2) is 0 Å². The van der Waals surface area contributed by atoms with E-state index in [0.717, 1.165) is 28.8 Å². The predicted octanol–water partition coefficient (Wildman–Crippen LogP) is 6.64. The lowest BCUT2D eigenvalue weighted by atomic mass is 9.99. The first-order valence-electron chi connectivity index (χ1n) is 9.42. The van der Waals surface area contributed by atoms with Gasteiger partial charge >= 0.3 is 0 Å². The van der Waals surface area contributed by atoms with E-state index in [0.29, 0.717) is 0 Å². The van der Waals surface area contributed by atoms with Gasteiger partial charge in [-0.2, -0.15) is 0 Å². The number of hydrogen-bond donors (Lipinski definition) is 1. The van der Waals surface area contributed by atoms with E-state index in [4.69, 9.17) is 0 Å². The Labute approximate surface area is 169 Å². The summed E-state index contributed by atoms with van der Waals surface area (Å²) in [6.07, 6.45) is 2.16. The van der Waals surface area contributed by atoms with Crippen LogP contribution in [0.1, 0.15) is 41.5 Å². The molecule has 0 bridgehead atoms. The molecule has 2 nitrogen and oxygen atoms in total. The Morgan fingerprint density at radius 2 is 1.93 bits per heavy atom. The van der Waals surface area contributed by atoms with E-state index in [2.05, 4.69) is 67.0 Å². The Morgan fingerprint density at radius 1 is 1.11 bits per heavy atom. The highest BCUT2D eigenvalue weighted by Crippen LogP contribution is 2.36. The molecule has 3 heteroatoms. The van der Waals surface area contributed by atoms with Crippen molar-refractivity contribution in [2.45, 2.75) is 26.4 Å². The Morgan fingerprint density at radius 3 is 2.71 bits per heavy atom. The smallest absolute Gasteiger partial charge is 0.0763 e. The normalized spacial score (nSPS) is 12.2. The molecule has 0 aliphatic rings. The van der Waals surface area contributed by atoms with Crippen LogP contribution in [-0.2, 0) is 6.42 Å². The van der Waals surface area contributed by atoms with Gasteiger partial charge in [0, 0.05) is 27.8 Å². The minimum absolute atomic E-state index is 0.501. The van der Waals surface area contributed by atoms with E-state index in [1.807, 2.05) is 23.5 Å². The average Bonchev–Trinajstić information content (AvgIpc) is 3.10. The molecule has 1 N–H and O–H groups in total. The molecule has 28 heavy (non-hydrogen) atoms. The van der Waals surface area contributed by atoms with E-state index in [1.54, 1.807) is 13.1 Å². The van der Waals surface area contributed by atoms with Crippen molar-refractivity contribution in [3.05, 3.63) is 95.0 Å². The van der Waals surface area contributed by atoms with E-state index in [-0.39, 0.29) is 0 Å². The maximum absolute atomic E-state index is 9.92. The summed E-state index contributed by atoms with van der Waals surface area (Å²) in [6, 6.07) is 20.9. The van der Waals surface area contributed by atoms with Crippen LogP contribution in [0.5, 0.6) is 0 Å². The molecule has 0 radical (unpaired) electrons. The van der Waals surface area contributed by atoms with Gasteiger partial charge in [-0.15, -0.1) is 11.3 Å². The van der Waals surface area contributed by atoms with Crippen molar-refractivity contribution in [2.75, 3.05) is 0 Å². The predicted molar refractivity (Wildman–Crippen MR) is 120 cm³/mol. The zero-order chi connectivity index (χ0) is 19.7. The number of aliphatic hydroxyl groups is 1. The number of allylic oxidation sites excluding steroid dienone is 1. The molecule has 4 aromatic rings. The first-order valence-corrected chi connectivity index (χ1v) is 10.2. The van der Waals surface area contributed by atoms with Crippen LogP contribution in [0.25, 0.3) is 26.9 Å². The van der Waals surface area contributed by atoms with Crippen molar-refractivity contribution in [3.63, 3.8) is 0 Å². The molecule has 140 valence electrons. The Bertz CT molecular complexity index is 1160. The Hall–Kier alpha value is -2.75. The molecule has 2 aromatic carbocycles. The molecule has 0 saturated carbocycles. The summed E-state index contributed by atoms with van der Waals surface area (Å²) in [4.78, 5) is 5.88. The number of pyridine rings is 1. The number of hydrogen-bond acceptors (Lipinski definition) is 3.